The fraction of sp³-hybridized carbons (Fsp3) is 0.929. The molecule has 0 atom stereocenters. The van der Waals surface area contributed by atoms with Gasteiger partial charge in [0.25, 0.3) is 0 Å². The quantitative estimate of drug-likeness (QED) is 0.520. The molecule has 3 heteroatoms. The van der Waals surface area contributed by atoms with Crippen LogP contribution in [0.4, 0.5) is 0 Å². The van der Waals surface area contributed by atoms with Gasteiger partial charge < -0.3 is 4.74 Å². The standard InChI is InChI=1S/C14H28O2.Sn.4H/c1-10(2)7-13(8-11(3)4)14(15)16-9-12(5)6;;;;;/h10-13H,7-9H2,1-6H3;;;;;. The zero-order chi connectivity index (χ0) is 12.7. The van der Waals surface area contributed by atoms with E-state index in [-0.39, 0.29) is 35.8 Å². The van der Waals surface area contributed by atoms with Crippen molar-refractivity contribution in [3.63, 3.8) is 0 Å². The number of ether oxygens (including phenoxy) is 1. The SMILES string of the molecule is CC(C)COC(=O)C(CC(C)C)CC(C)C.[SnH4]. The molecule has 0 unspecified atom stereocenters. The van der Waals surface area contributed by atoms with Gasteiger partial charge in [0, 0.05) is 0 Å². The number of hydrogen-bond donors (Lipinski definition) is 0. The summed E-state index contributed by atoms with van der Waals surface area (Å²) < 4.78 is 5.33. The molecule has 17 heavy (non-hydrogen) atoms. The van der Waals surface area contributed by atoms with Gasteiger partial charge in [-0.05, 0) is 30.6 Å². The van der Waals surface area contributed by atoms with Crippen LogP contribution in [0.2, 0.25) is 0 Å². The van der Waals surface area contributed by atoms with Crippen molar-refractivity contribution in [2.45, 2.75) is 54.4 Å². The van der Waals surface area contributed by atoms with Gasteiger partial charge in [0.2, 0.25) is 0 Å². The third-order valence-corrected chi connectivity index (χ3v) is 2.40. The predicted molar refractivity (Wildman–Crippen MR) is 79.5 cm³/mol. The zero-order valence-electron chi connectivity index (χ0n) is 11.7. The van der Waals surface area contributed by atoms with Crippen molar-refractivity contribution in [2.24, 2.45) is 23.7 Å². The van der Waals surface area contributed by atoms with Crippen molar-refractivity contribution in [1.29, 1.82) is 0 Å². The van der Waals surface area contributed by atoms with Crippen LogP contribution < -0.4 is 0 Å². The van der Waals surface area contributed by atoms with Gasteiger partial charge in [0.15, 0.2) is 0 Å². The van der Waals surface area contributed by atoms with Crippen molar-refractivity contribution in [3.8, 4) is 0 Å². The second-order valence-corrected chi connectivity index (χ2v) is 5.98. The molecule has 0 heterocycles. The van der Waals surface area contributed by atoms with Crippen LogP contribution in [-0.2, 0) is 9.53 Å². The number of hydrogen-bond acceptors (Lipinski definition) is 2. The van der Waals surface area contributed by atoms with Crippen molar-refractivity contribution < 1.29 is 9.53 Å². The molecule has 0 rings (SSSR count). The predicted octanol–water partition coefficient (Wildman–Crippen LogP) is 2.44. The van der Waals surface area contributed by atoms with Crippen LogP contribution in [0.3, 0.4) is 0 Å². The zero-order valence-corrected chi connectivity index (χ0v) is 11.7. The molecular formula is C14H32O2Sn. The molecule has 0 spiro atoms. The van der Waals surface area contributed by atoms with Gasteiger partial charge in [-0.3, -0.25) is 4.79 Å². The number of esters is 1. The van der Waals surface area contributed by atoms with E-state index >= 15 is 0 Å². The Bertz CT molecular complexity index is 190. The van der Waals surface area contributed by atoms with Crippen molar-refractivity contribution in [1.82, 2.24) is 0 Å². The molecule has 0 aliphatic carbocycles. The van der Waals surface area contributed by atoms with Crippen LogP contribution in [0.1, 0.15) is 54.4 Å². The average Bonchev–Trinajstić information content (AvgIpc) is 2.11. The Morgan fingerprint density at radius 3 is 1.59 bits per heavy atom. The summed E-state index contributed by atoms with van der Waals surface area (Å²) in [5.74, 6) is 1.60. The monoisotopic (exact) mass is 352 g/mol. The molecular weight excluding hydrogens is 319 g/mol. The molecule has 0 saturated carbocycles. The van der Waals surface area contributed by atoms with Gasteiger partial charge in [-0.15, -0.1) is 0 Å². The molecule has 0 aromatic carbocycles. The Hall–Kier alpha value is 0.269. The third-order valence-electron chi connectivity index (χ3n) is 2.40. The summed E-state index contributed by atoms with van der Waals surface area (Å²) >= 11 is 0. The van der Waals surface area contributed by atoms with Crippen molar-refractivity contribution in [2.75, 3.05) is 6.61 Å². The molecule has 0 bridgehead atoms. The van der Waals surface area contributed by atoms with Gasteiger partial charge >= 0.3 is 29.9 Å². The second kappa shape index (κ2) is 10.2. The number of rotatable bonds is 7. The van der Waals surface area contributed by atoms with E-state index in [1.54, 1.807) is 0 Å². The third kappa shape index (κ3) is 11.1. The molecule has 0 saturated heterocycles. The van der Waals surface area contributed by atoms with Gasteiger partial charge in [-0.2, -0.15) is 0 Å². The molecule has 0 aliphatic heterocycles. The molecule has 0 aromatic rings. The van der Waals surface area contributed by atoms with Crippen LogP contribution in [-0.4, -0.2) is 36.5 Å². The van der Waals surface area contributed by atoms with Gasteiger partial charge in [-0.1, -0.05) is 41.5 Å². The maximum absolute atomic E-state index is 11.9. The van der Waals surface area contributed by atoms with Crippen LogP contribution in [0.25, 0.3) is 0 Å². The molecule has 0 N–H and O–H groups in total. The molecule has 0 radical (unpaired) electrons. The topological polar surface area (TPSA) is 26.3 Å². The molecule has 104 valence electrons. The number of carbonyl (C=O) groups is 1. The summed E-state index contributed by atoms with van der Waals surface area (Å²) in [6.45, 7) is 13.3. The van der Waals surface area contributed by atoms with E-state index in [1.165, 1.54) is 0 Å². The van der Waals surface area contributed by atoms with Gasteiger partial charge in [0.1, 0.15) is 0 Å². The average molecular weight is 351 g/mol. The van der Waals surface area contributed by atoms with Crippen molar-refractivity contribution in [3.05, 3.63) is 0 Å². The van der Waals surface area contributed by atoms with E-state index in [9.17, 15) is 4.79 Å². The van der Waals surface area contributed by atoms with E-state index in [0.29, 0.717) is 24.4 Å². The molecule has 0 aliphatic rings. The summed E-state index contributed by atoms with van der Waals surface area (Å²) in [5, 5.41) is 0. The first kappa shape index (κ1) is 19.6. The fourth-order valence-corrected chi connectivity index (χ4v) is 1.79. The van der Waals surface area contributed by atoms with Crippen LogP contribution in [0.15, 0.2) is 0 Å². The van der Waals surface area contributed by atoms with E-state index in [2.05, 4.69) is 41.5 Å². The Balaban J connectivity index is 0. The summed E-state index contributed by atoms with van der Waals surface area (Å²) in [6.07, 6.45) is 1.88. The van der Waals surface area contributed by atoms with Crippen LogP contribution >= 0.6 is 0 Å². The maximum atomic E-state index is 11.9. The van der Waals surface area contributed by atoms with E-state index in [1.807, 2.05) is 0 Å². The molecule has 0 aromatic heterocycles. The van der Waals surface area contributed by atoms with E-state index in [0.717, 1.165) is 12.8 Å². The summed E-state index contributed by atoms with van der Waals surface area (Å²) in [5.41, 5.74) is 0. The fourth-order valence-electron chi connectivity index (χ4n) is 1.79. The minimum atomic E-state index is -0.00361. The summed E-state index contributed by atoms with van der Waals surface area (Å²) in [6, 6.07) is 0. The summed E-state index contributed by atoms with van der Waals surface area (Å²) in [4.78, 5) is 11.9. The molecule has 2 nitrogen and oxygen atoms in total. The molecule has 0 fully saturated rings. The first-order chi connectivity index (χ1) is 7.32. The van der Waals surface area contributed by atoms with Crippen LogP contribution in [0.5, 0.6) is 0 Å². The second-order valence-electron chi connectivity index (χ2n) is 5.98. The Labute approximate surface area is 124 Å². The van der Waals surface area contributed by atoms with Gasteiger partial charge in [-0.25, -0.2) is 0 Å². The van der Waals surface area contributed by atoms with Gasteiger partial charge in [0.05, 0.1) is 12.5 Å². The first-order valence-corrected chi connectivity index (χ1v) is 6.49. The van der Waals surface area contributed by atoms with Crippen LogP contribution in [0, 0.1) is 23.7 Å². The number of carbonyl (C=O) groups excluding carboxylic acids is 1. The van der Waals surface area contributed by atoms with E-state index < -0.39 is 0 Å². The molecule has 0 amide bonds. The summed E-state index contributed by atoms with van der Waals surface area (Å²) in [7, 11) is 0. The Morgan fingerprint density at radius 1 is 0.882 bits per heavy atom. The Kier molecular flexibility index (Phi) is 11.8. The normalized spacial score (nSPS) is 11.2. The Morgan fingerprint density at radius 2 is 1.29 bits per heavy atom. The van der Waals surface area contributed by atoms with Crippen molar-refractivity contribution >= 4 is 29.9 Å². The minimum absolute atomic E-state index is 0. The van der Waals surface area contributed by atoms with E-state index in [4.69, 9.17) is 4.74 Å². The first-order valence-electron chi connectivity index (χ1n) is 6.49.